The second kappa shape index (κ2) is 10.3. The van der Waals surface area contributed by atoms with E-state index in [9.17, 15) is 13.2 Å². The molecular weight excluding hydrogens is 434 g/mol. The largest absolute Gasteiger partial charge is 0.326 e. The zero-order valence-corrected chi connectivity index (χ0v) is 19.5. The van der Waals surface area contributed by atoms with Crippen molar-refractivity contribution in [2.45, 2.75) is 17.2 Å². The van der Waals surface area contributed by atoms with Crippen molar-refractivity contribution in [3.05, 3.63) is 96.1 Å². The van der Waals surface area contributed by atoms with Crippen molar-refractivity contribution in [1.29, 1.82) is 0 Å². The molecule has 0 aliphatic carbocycles. The smallest absolute Gasteiger partial charge is 0.243 e. The summed E-state index contributed by atoms with van der Waals surface area (Å²) in [6.07, 6.45) is 0.253. The van der Waals surface area contributed by atoms with Crippen molar-refractivity contribution < 1.29 is 13.2 Å². The summed E-state index contributed by atoms with van der Waals surface area (Å²) in [5.74, 6) is -0.258. The number of piperazine rings is 1. The van der Waals surface area contributed by atoms with Crippen molar-refractivity contribution in [1.82, 2.24) is 9.21 Å². The number of sulfonamides is 1. The highest BCUT2D eigenvalue weighted by Gasteiger charge is 2.27. The molecule has 0 radical (unpaired) electrons. The van der Waals surface area contributed by atoms with Crippen LogP contribution in [0.5, 0.6) is 0 Å². The average molecular weight is 464 g/mol. The quantitative estimate of drug-likeness (QED) is 0.579. The number of carbonyl (C=O) groups excluding carboxylic acids is 1. The molecule has 1 aliphatic rings. The Morgan fingerprint density at radius 2 is 1.42 bits per heavy atom. The van der Waals surface area contributed by atoms with E-state index in [4.69, 9.17) is 0 Å². The summed E-state index contributed by atoms with van der Waals surface area (Å²) < 4.78 is 27.7. The Bertz CT molecular complexity index is 1140. The van der Waals surface area contributed by atoms with Gasteiger partial charge >= 0.3 is 0 Å². The zero-order chi connectivity index (χ0) is 23.3. The Hall–Kier alpha value is -3.00. The zero-order valence-electron chi connectivity index (χ0n) is 18.7. The lowest BCUT2D eigenvalue weighted by atomic mass is 9.88. The molecule has 1 N–H and O–H groups in total. The first-order valence-electron chi connectivity index (χ1n) is 11.1. The predicted octanol–water partition coefficient (Wildman–Crippen LogP) is 3.78. The Morgan fingerprint density at radius 3 is 2.00 bits per heavy atom. The highest BCUT2D eigenvalue weighted by atomic mass is 32.2. The molecule has 0 saturated carbocycles. The number of nitrogens with zero attached hydrogens (tertiary/aromatic N) is 2. The molecule has 7 heteroatoms. The SMILES string of the molecule is CN1CCN(S(=O)(=O)c2cccc(NC(=O)CC(c3ccccc3)c3ccccc3)c2)CC1. The average Bonchev–Trinajstić information content (AvgIpc) is 2.84. The highest BCUT2D eigenvalue weighted by molar-refractivity contribution is 7.89. The maximum atomic E-state index is 13.1. The third-order valence-corrected chi connectivity index (χ3v) is 7.91. The summed E-state index contributed by atoms with van der Waals surface area (Å²) in [6, 6.07) is 26.4. The van der Waals surface area contributed by atoms with Crippen LogP contribution in [-0.2, 0) is 14.8 Å². The van der Waals surface area contributed by atoms with Crippen molar-refractivity contribution in [3.63, 3.8) is 0 Å². The van der Waals surface area contributed by atoms with E-state index in [1.54, 1.807) is 24.3 Å². The lowest BCUT2D eigenvalue weighted by molar-refractivity contribution is -0.116. The third-order valence-electron chi connectivity index (χ3n) is 6.01. The number of amides is 1. The van der Waals surface area contributed by atoms with Gasteiger partial charge in [0.15, 0.2) is 0 Å². The molecule has 3 aromatic carbocycles. The number of carbonyl (C=O) groups is 1. The van der Waals surface area contributed by atoms with E-state index in [0.717, 1.165) is 11.1 Å². The van der Waals surface area contributed by atoms with Crippen LogP contribution in [0.2, 0.25) is 0 Å². The fourth-order valence-electron chi connectivity index (χ4n) is 4.11. The topological polar surface area (TPSA) is 69.7 Å². The summed E-state index contributed by atoms with van der Waals surface area (Å²) in [6.45, 7) is 2.34. The first kappa shape index (κ1) is 23.2. The summed E-state index contributed by atoms with van der Waals surface area (Å²) in [5, 5.41) is 2.90. The molecule has 1 fully saturated rings. The van der Waals surface area contributed by atoms with E-state index in [0.29, 0.717) is 31.9 Å². The van der Waals surface area contributed by atoms with Crippen LogP contribution in [0.1, 0.15) is 23.5 Å². The molecule has 0 bridgehead atoms. The normalized spacial score (nSPS) is 15.5. The lowest BCUT2D eigenvalue weighted by Gasteiger charge is -2.31. The first-order chi connectivity index (χ1) is 15.9. The number of hydrogen-bond donors (Lipinski definition) is 1. The summed E-state index contributed by atoms with van der Waals surface area (Å²) in [5.41, 5.74) is 2.60. The molecule has 0 aromatic heterocycles. The molecule has 1 aliphatic heterocycles. The molecule has 3 aromatic rings. The van der Waals surface area contributed by atoms with Gasteiger partial charge in [-0.05, 0) is 36.4 Å². The van der Waals surface area contributed by atoms with Crippen LogP contribution in [0.3, 0.4) is 0 Å². The fourth-order valence-corrected chi connectivity index (χ4v) is 5.58. The first-order valence-corrected chi connectivity index (χ1v) is 12.6. The van der Waals surface area contributed by atoms with Gasteiger partial charge < -0.3 is 10.2 Å². The van der Waals surface area contributed by atoms with E-state index < -0.39 is 10.0 Å². The molecule has 172 valence electrons. The van der Waals surface area contributed by atoms with Crippen molar-refractivity contribution in [2.24, 2.45) is 0 Å². The Morgan fingerprint density at radius 1 is 0.848 bits per heavy atom. The van der Waals surface area contributed by atoms with Gasteiger partial charge in [0, 0.05) is 44.2 Å². The summed E-state index contributed by atoms with van der Waals surface area (Å²) >= 11 is 0. The van der Waals surface area contributed by atoms with Gasteiger partial charge in [-0.25, -0.2) is 8.42 Å². The maximum absolute atomic E-state index is 13.1. The molecule has 0 spiro atoms. The van der Waals surface area contributed by atoms with Crippen LogP contribution < -0.4 is 5.32 Å². The number of benzene rings is 3. The molecule has 33 heavy (non-hydrogen) atoms. The van der Waals surface area contributed by atoms with Crippen LogP contribution in [-0.4, -0.2) is 56.8 Å². The molecule has 1 heterocycles. The Balaban J connectivity index is 1.50. The van der Waals surface area contributed by atoms with Gasteiger partial charge in [0.25, 0.3) is 0 Å². The molecule has 4 rings (SSSR count). The number of hydrogen-bond acceptors (Lipinski definition) is 4. The van der Waals surface area contributed by atoms with Crippen molar-refractivity contribution in [3.8, 4) is 0 Å². The monoisotopic (exact) mass is 463 g/mol. The number of nitrogens with one attached hydrogen (secondary N) is 1. The Kier molecular flexibility index (Phi) is 7.23. The van der Waals surface area contributed by atoms with Gasteiger partial charge in [0.2, 0.25) is 15.9 Å². The molecule has 0 unspecified atom stereocenters. The molecule has 6 nitrogen and oxygen atoms in total. The number of anilines is 1. The van der Waals surface area contributed by atoms with E-state index in [1.807, 2.05) is 67.7 Å². The molecule has 0 atom stereocenters. The minimum Gasteiger partial charge on any atom is -0.326 e. The van der Waals surface area contributed by atoms with Gasteiger partial charge in [-0.3, -0.25) is 4.79 Å². The van der Waals surface area contributed by atoms with E-state index in [2.05, 4.69) is 10.2 Å². The van der Waals surface area contributed by atoms with Crippen LogP contribution in [0.4, 0.5) is 5.69 Å². The van der Waals surface area contributed by atoms with Crippen LogP contribution >= 0.6 is 0 Å². The molecular formula is C26H29N3O3S. The van der Waals surface area contributed by atoms with Crippen molar-refractivity contribution >= 4 is 21.6 Å². The Labute approximate surface area is 195 Å². The predicted molar refractivity (Wildman–Crippen MR) is 131 cm³/mol. The fraction of sp³-hybridized carbons (Fsp3) is 0.269. The summed E-state index contributed by atoms with van der Waals surface area (Å²) in [4.78, 5) is 15.3. The van der Waals surface area contributed by atoms with Crippen LogP contribution in [0.15, 0.2) is 89.8 Å². The second-order valence-corrected chi connectivity index (χ2v) is 10.3. The summed E-state index contributed by atoms with van der Waals surface area (Å²) in [7, 11) is -1.61. The highest BCUT2D eigenvalue weighted by Crippen LogP contribution is 2.29. The van der Waals surface area contributed by atoms with E-state index in [-0.39, 0.29) is 23.1 Å². The minimum absolute atomic E-state index is 0.0929. The number of rotatable bonds is 7. The van der Waals surface area contributed by atoms with E-state index >= 15 is 0 Å². The van der Waals surface area contributed by atoms with Crippen LogP contribution in [0.25, 0.3) is 0 Å². The minimum atomic E-state index is -3.60. The molecule has 1 amide bonds. The standard InChI is InChI=1S/C26H29N3O3S/c1-28-15-17-29(18-16-28)33(31,32)24-14-8-13-23(19-24)27-26(30)20-25(21-9-4-2-5-10-21)22-11-6-3-7-12-22/h2-14,19,25H,15-18,20H2,1H3,(H,27,30). The van der Waals surface area contributed by atoms with Gasteiger partial charge in [0.1, 0.15) is 0 Å². The van der Waals surface area contributed by atoms with Crippen molar-refractivity contribution in [2.75, 3.05) is 38.5 Å². The molecule has 1 saturated heterocycles. The number of likely N-dealkylation sites (N-methyl/N-ethyl adjacent to an activating group) is 1. The third kappa shape index (κ3) is 5.68. The van der Waals surface area contributed by atoms with Gasteiger partial charge in [-0.15, -0.1) is 0 Å². The van der Waals surface area contributed by atoms with Crippen LogP contribution in [0, 0.1) is 0 Å². The van der Waals surface area contributed by atoms with Gasteiger partial charge in [0.05, 0.1) is 4.90 Å². The van der Waals surface area contributed by atoms with Gasteiger partial charge in [-0.2, -0.15) is 4.31 Å². The van der Waals surface area contributed by atoms with E-state index in [1.165, 1.54) is 4.31 Å². The van der Waals surface area contributed by atoms with Gasteiger partial charge in [-0.1, -0.05) is 66.7 Å². The second-order valence-electron chi connectivity index (χ2n) is 8.36. The maximum Gasteiger partial charge on any atom is 0.243 e. The lowest BCUT2D eigenvalue weighted by Crippen LogP contribution is -2.47.